The Kier molecular flexibility index (Phi) is 49.2. The largest absolute Gasteiger partial charge is 0.100 e. The standard InChI is InChI=1S/C6H12.C4H10.C3H8.CH4/c1-4-5-6(2)3;1-3-4-2;1-3-2;/h2,4-5H2,1,3H3;3-4H2,1-2H3;3H2,1-2H3;1H4. The zero-order valence-corrected chi connectivity index (χ0v) is 10.7. The molecule has 0 atom stereocenters. The average molecular weight is 202 g/mol. The highest BCUT2D eigenvalue weighted by atomic mass is 13.8. The predicted molar refractivity (Wildman–Crippen MR) is 73.0 cm³/mol. The van der Waals surface area contributed by atoms with Crippen molar-refractivity contribution in [3.8, 4) is 0 Å². The molecule has 14 heavy (non-hydrogen) atoms. The van der Waals surface area contributed by atoms with Gasteiger partial charge >= 0.3 is 0 Å². The van der Waals surface area contributed by atoms with E-state index in [1.54, 1.807) is 0 Å². The Bertz CT molecular complexity index is 70.1. The molecular formula is C14H34. The zero-order valence-electron chi connectivity index (χ0n) is 10.7. The number of hydrogen-bond acceptors (Lipinski definition) is 0. The van der Waals surface area contributed by atoms with Gasteiger partial charge < -0.3 is 0 Å². The van der Waals surface area contributed by atoms with Crippen molar-refractivity contribution in [3.63, 3.8) is 0 Å². The second kappa shape index (κ2) is 29.3. The van der Waals surface area contributed by atoms with Gasteiger partial charge in [-0.25, -0.2) is 0 Å². The predicted octanol–water partition coefficient (Wildman–Crippen LogP) is 6.22. The number of hydrogen-bond donors (Lipinski definition) is 0. The Morgan fingerprint density at radius 2 is 1.14 bits per heavy atom. The molecule has 0 aliphatic heterocycles. The van der Waals surface area contributed by atoms with E-state index in [1.165, 1.54) is 37.7 Å². The second-order valence-corrected chi connectivity index (χ2v) is 3.41. The molecule has 0 rings (SSSR count). The molecule has 0 aromatic heterocycles. The third-order valence-corrected chi connectivity index (χ3v) is 1.18. The van der Waals surface area contributed by atoms with E-state index in [0.29, 0.717) is 0 Å². The summed E-state index contributed by atoms with van der Waals surface area (Å²) in [4.78, 5) is 0. The molecule has 0 amide bonds. The summed E-state index contributed by atoms with van der Waals surface area (Å²) in [5.74, 6) is 0. The molecule has 0 aliphatic rings. The highest BCUT2D eigenvalue weighted by molar-refractivity contribution is 4.86. The van der Waals surface area contributed by atoms with Crippen molar-refractivity contribution in [3.05, 3.63) is 12.2 Å². The highest BCUT2D eigenvalue weighted by Crippen LogP contribution is 1.96. The van der Waals surface area contributed by atoms with Crippen LogP contribution in [0.1, 0.15) is 81.1 Å². The Morgan fingerprint density at radius 1 is 0.857 bits per heavy atom. The first-order valence-electron chi connectivity index (χ1n) is 5.74. The van der Waals surface area contributed by atoms with Crippen LogP contribution in [0.25, 0.3) is 0 Å². The summed E-state index contributed by atoms with van der Waals surface area (Å²) in [5.41, 5.74) is 1.29. The van der Waals surface area contributed by atoms with Crippen molar-refractivity contribution in [1.29, 1.82) is 0 Å². The molecule has 0 N–H and O–H groups in total. The summed E-state index contributed by atoms with van der Waals surface area (Å²) in [6.45, 7) is 16.6. The van der Waals surface area contributed by atoms with Gasteiger partial charge in [-0.05, 0) is 13.3 Å². The van der Waals surface area contributed by atoms with Crippen molar-refractivity contribution in [2.24, 2.45) is 0 Å². The lowest BCUT2D eigenvalue weighted by Crippen LogP contribution is -1.66. The van der Waals surface area contributed by atoms with Gasteiger partial charge in [-0.2, -0.15) is 0 Å². The monoisotopic (exact) mass is 202 g/mol. The van der Waals surface area contributed by atoms with Crippen LogP contribution >= 0.6 is 0 Å². The lowest BCUT2D eigenvalue weighted by molar-refractivity contribution is 0.886. The fourth-order valence-electron chi connectivity index (χ4n) is 0.427. The number of rotatable bonds is 3. The van der Waals surface area contributed by atoms with Crippen molar-refractivity contribution in [2.75, 3.05) is 0 Å². The summed E-state index contributed by atoms with van der Waals surface area (Å²) in [6.07, 6.45) is 6.30. The first kappa shape index (κ1) is 23.5. The van der Waals surface area contributed by atoms with Crippen molar-refractivity contribution >= 4 is 0 Å². The van der Waals surface area contributed by atoms with E-state index in [9.17, 15) is 0 Å². The van der Waals surface area contributed by atoms with Crippen LogP contribution in [0.4, 0.5) is 0 Å². The quantitative estimate of drug-likeness (QED) is 0.476. The van der Waals surface area contributed by atoms with Crippen LogP contribution in [0.2, 0.25) is 0 Å². The molecule has 0 aromatic rings. The molecule has 0 aliphatic carbocycles. The van der Waals surface area contributed by atoms with Crippen molar-refractivity contribution < 1.29 is 0 Å². The van der Waals surface area contributed by atoms with Crippen LogP contribution in [0.5, 0.6) is 0 Å². The molecule has 0 heterocycles. The molecule has 0 nitrogen and oxygen atoms in total. The van der Waals surface area contributed by atoms with Crippen LogP contribution in [0.3, 0.4) is 0 Å². The van der Waals surface area contributed by atoms with E-state index in [4.69, 9.17) is 0 Å². The fourth-order valence-corrected chi connectivity index (χ4v) is 0.427. The molecule has 0 saturated heterocycles. The van der Waals surface area contributed by atoms with Crippen LogP contribution in [-0.2, 0) is 0 Å². The minimum atomic E-state index is 0. The second-order valence-electron chi connectivity index (χ2n) is 3.41. The topological polar surface area (TPSA) is 0 Å². The Balaban J connectivity index is -0.0000000553. The third-order valence-electron chi connectivity index (χ3n) is 1.18. The maximum atomic E-state index is 3.74. The van der Waals surface area contributed by atoms with Crippen molar-refractivity contribution in [1.82, 2.24) is 0 Å². The molecule has 0 bridgehead atoms. The molecule has 0 fully saturated rings. The number of unbranched alkanes of at least 4 members (excludes halogenated alkanes) is 1. The molecule has 0 saturated carbocycles. The Hall–Kier alpha value is -0.260. The van der Waals surface area contributed by atoms with Crippen LogP contribution < -0.4 is 0 Å². The smallest absolute Gasteiger partial charge is 0.0328 e. The maximum absolute atomic E-state index is 3.74. The van der Waals surface area contributed by atoms with Gasteiger partial charge in [0, 0.05) is 0 Å². The number of allylic oxidation sites excluding steroid dienone is 1. The Labute approximate surface area is 93.8 Å². The van der Waals surface area contributed by atoms with E-state index < -0.39 is 0 Å². The van der Waals surface area contributed by atoms with Crippen LogP contribution in [0, 0.1) is 0 Å². The van der Waals surface area contributed by atoms with E-state index in [0.717, 1.165) is 0 Å². The van der Waals surface area contributed by atoms with Gasteiger partial charge in [0.15, 0.2) is 0 Å². The molecule has 0 heteroatoms. The summed E-state index contributed by atoms with van der Waals surface area (Å²) < 4.78 is 0. The lowest BCUT2D eigenvalue weighted by atomic mass is 10.2. The Morgan fingerprint density at radius 3 is 1.14 bits per heavy atom. The minimum Gasteiger partial charge on any atom is -0.100 e. The van der Waals surface area contributed by atoms with E-state index in [2.05, 4.69) is 48.1 Å². The molecule has 90 valence electrons. The van der Waals surface area contributed by atoms with Gasteiger partial charge in [-0.1, -0.05) is 73.3 Å². The van der Waals surface area contributed by atoms with Gasteiger partial charge in [0.1, 0.15) is 0 Å². The summed E-state index contributed by atoms with van der Waals surface area (Å²) in [7, 11) is 0. The minimum absolute atomic E-state index is 0. The first-order valence-corrected chi connectivity index (χ1v) is 5.74. The SMILES string of the molecule is C.C=C(C)CCC.CCC.CCCC. The molecule has 0 spiro atoms. The van der Waals surface area contributed by atoms with E-state index in [1.807, 2.05) is 0 Å². The van der Waals surface area contributed by atoms with Crippen molar-refractivity contribution in [2.45, 2.75) is 81.1 Å². The van der Waals surface area contributed by atoms with E-state index in [-0.39, 0.29) is 7.43 Å². The maximum Gasteiger partial charge on any atom is -0.0328 e. The third kappa shape index (κ3) is 96.8. The summed E-state index contributed by atoms with van der Waals surface area (Å²) in [5, 5.41) is 0. The van der Waals surface area contributed by atoms with Gasteiger partial charge in [0.2, 0.25) is 0 Å². The van der Waals surface area contributed by atoms with Gasteiger partial charge in [0.25, 0.3) is 0 Å². The van der Waals surface area contributed by atoms with Gasteiger partial charge in [-0.15, -0.1) is 6.58 Å². The van der Waals surface area contributed by atoms with E-state index >= 15 is 0 Å². The summed E-state index contributed by atoms with van der Waals surface area (Å²) in [6, 6.07) is 0. The molecule has 0 radical (unpaired) electrons. The average Bonchev–Trinajstić information content (AvgIpc) is 2.06. The van der Waals surface area contributed by atoms with Gasteiger partial charge in [0.05, 0.1) is 0 Å². The molecular weight excluding hydrogens is 168 g/mol. The van der Waals surface area contributed by atoms with Gasteiger partial charge in [-0.3, -0.25) is 0 Å². The normalized spacial score (nSPS) is 7.00. The fraction of sp³-hybridized carbons (Fsp3) is 0.857. The molecule has 0 unspecified atom stereocenters. The van der Waals surface area contributed by atoms with Crippen LogP contribution in [0.15, 0.2) is 12.2 Å². The summed E-state index contributed by atoms with van der Waals surface area (Å²) >= 11 is 0. The lowest BCUT2D eigenvalue weighted by Gasteiger charge is -1.87. The highest BCUT2D eigenvalue weighted by Gasteiger charge is 1.76. The van der Waals surface area contributed by atoms with Crippen LogP contribution in [-0.4, -0.2) is 0 Å². The molecule has 0 aromatic carbocycles. The first-order chi connectivity index (χ1) is 6.10. The zero-order chi connectivity index (χ0) is 11.1.